The number of aliphatic hydroxyl groups is 1. The van der Waals surface area contributed by atoms with Gasteiger partial charge in [-0.05, 0) is 25.0 Å². The maximum atomic E-state index is 9.46. The fourth-order valence-corrected chi connectivity index (χ4v) is 2.07. The predicted octanol–water partition coefficient (Wildman–Crippen LogP) is 1.69. The van der Waals surface area contributed by atoms with Crippen molar-refractivity contribution in [1.29, 1.82) is 0 Å². The van der Waals surface area contributed by atoms with E-state index in [0.29, 0.717) is 0 Å². The van der Waals surface area contributed by atoms with E-state index in [9.17, 15) is 5.11 Å². The number of piperidine rings is 1. The first-order valence-corrected chi connectivity index (χ1v) is 5.51. The number of rotatable bonds is 2. The number of aliphatic hydroxyl groups excluding tert-OH is 1. The van der Waals surface area contributed by atoms with Gasteiger partial charge in [-0.2, -0.15) is 0 Å². The molecule has 0 atom stereocenters. The first-order chi connectivity index (χ1) is 7.31. The van der Waals surface area contributed by atoms with E-state index < -0.39 is 0 Å². The average Bonchev–Trinajstić information content (AvgIpc) is 2.30. The predicted molar refractivity (Wildman–Crippen MR) is 63.4 cm³/mol. The first kappa shape index (κ1) is 10.3. The van der Waals surface area contributed by atoms with Gasteiger partial charge in [-0.25, -0.2) is 0 Å². The van der Waals surface area contributed by atoms with Crippen LogP contribution >= 0.6 is 0 Å². The molecular formula is C12H18N2O. The maximum absolute atomic E-state index is 9.46. The zero-order valence-electron chi connectivity index (χ0n) is 9.11. The van der Waals surface area contributed by atoms with Gasteiger partial charge in [0.15, 0.2) is 0 Å². The summed E-state index contributed by atoms with van der Waals surface area (Å²) in [5, 5.41) is 12.7. The van der Waals surface area contributed by atoms with E-state index in [4.69, 9.17) is 0 Å². The van der Waals surface area contributed by atoms with Crippen molar-refractivity contribution in [2.45, 2.75) is 18.9 Å². The van der Waals surface area contributed by atoms with Crippen LogP contribution in [0.2, 0.25) is 0 Å². The molecule has 0 unspecified atom stereocenters. The second-order valence-corrected chi connectivity index (χ2v) is 3.99. The summed E-state index contributed by atoms with van der Waals surface area (Å²) < 4.78 is 0. The van der Waals surface area contributed by atoms with Crippen molar-refractivity contribution in [1.82, 2.24) is 0 Å². The van der Waals surface area contributed by atoms with E-state index in [0.717, 1.165) is 31.6 Å². The summed E-state index contributed by atoms with van der Waals surface area (Å²) in [4.78, 5) is 2.33. The fourth-order valence-electron chi connectivity index (χ4n) is 2.07. The Morgan fingerprint density at radius 2 is 1.93 bits per heavy atom. The molecule has 1 fully saturated rings. The molecule has 3 nitrogen and oxygen atoms in total. The van der Waals surface area contributed by atoms with Gasteiger partial charge in [0.25, 0.3) is 0 Å². The van der Waals surface area contributed by atoms with Crippen molar-refractivity contribution in [2.75, 3.05) is 30.4 Å². The lowest BCUT2D eigenvalue weighted by molar-refractivity contribution is 0.145. The van der Waals surface area contributed by atoms with Crippen molar-refractivity contribution in [3.63, 3.8) is 0 Å². The van der Waals surface area contributed by atoms with Gasteiger partial charge in [0, 0.05) is 20.1 Å². The average molecular weight is 206 g/mol. The molecule has 0 amide bonds. The molecule has 2 rings (SSSR count). The van der Waals surface area contributed by atoms with Gasteiger partial charge in [0.2, 0.25) is 0 Å². The highest BCUT2D eigenvalue weighted by Gasteiger charge is 2.18. The highest BCUT2D eigenvalue weighted by Crippen LogP contribution is 2.27. The Bertz CT molecular complexity index is 319. The van der Waals surface area contributed by atoms with Gasteiger partial charge >= 0.3 is 0 Å². The summed E-state index contributed by atoms with van der Waals surface area (Å²) in [6.07, 6.45) is 1.64. The fraction of sp³-hybridized carbons (Fsp3) is 0.500. The molecule has 82 valence electrons. The number of anilines is 2. The highest BCUT2D eigenvalue weighted by atomic mass is 16.3. The smallest absolute Gasteiger partial charge is 0.0601 e. The van der Waals surface area contributed by atoms with E-state index >= 15 is 0 Å². The minimum absolute atomic E-state index is 0.108. The van der Waals surface area contributed by atoms with E-state index in [-0.39, 0.29) is 6.10 Å². The molecule has 1 aliphatic heterocycles. The van der Waals surface area contributed by atoms with Crippen LogP contribution in [0.3, 0.4) is 0 Å². The van der Waals surface area contributed by atoms with Crippen molar-refractivity contribution in [3.05, 3.63) is 24.3 Å². The van der Waals surface area contributed by atoms with Gasteiger partial charge in [-0.15, -0.1) is 0 Å². The van der Waals surface area contributed by atoms with Crippen molar-refractivity contribution in [3.8, 4) is 0 Å². The molecule has 3 heteroatoms. The van der Waals surface area contributed by atoms with Crippen LogP contribution in [0.4, 0.5) is 11.4 Å². The van der Waals surface area contributed by atoms with Crippen molar-refractivity contribution >= 4 is 11.4 Å². The number of hydrogen-bond donors (Lipinski definition) is 2. The van der Waals surface area contributed by atoms with Crippen LogP contribution in [-0.2, 0) is 0 Å². The third kappa shape index (κ3) is 2.23. The van der Waals surface area contributed by atoms with Gasteiger partial charge in [0.1, 0.15) is 0 Å². The maximum Gasteiger partial charge on any atom is 0.0601 e. The molecule has 0 aliphatic carbocycles. The third-order valence-corrected chi connectivity index (χ3v) is 2.98. The Kier molecular flexibility index (Phi) is 3.11. The molecule has 0 radical (unpaired) electrons. The molecular weight excluding hydrogens is 188 g/mol. The Hall–Kier alpha value is -1.22. The summed E-state index contributed by atoms with van der Waals surface area (Å²) in [6, 6.07) is 8.30. The lowest BCUT2D eigenvalue weighted by Crippen LogP contribution is -2.36. The molecule has 0 aromatic heterocycles. The minimum Gasteiger partial charge on any atom is -0.393 e. The zero-order valence-corrected chi connectivity index (χ0v) is 9.11. The van der Waals surface area contributed by atoms with Crippen molar-refractivity contribution in [2.24, 2.45) is 0 Å². The molecule has 1 aromatic rings. The minimum atomic E-state index is -0.108. The molecule has 1 aliphatic rings. The largest absolute Gasteiger partial charge is 0.393 e. The van der Waals surface area contributed by atoms with Crippen LogP contribution < -0.4 is 10.2 Å². The summed E-state index contributed by atoms with van der Waals surface area (Å²) in [6.45, 7) is 1.89. The van der Waals surface area contributed by atoms with E-state index in [1.807, 2.05) is 13.1 Å². The number of benzene rings is 1. The van der Waals surface area contributed by atoms with Crippen LogP contribution in [0, 0.1) is 0 Å². The number of nitrogens with one attached hydrogen (secondary N) is 1. The SMILES string of the molecule is CNc1ccccc1N1CCC(O)CC1. The zero-order chi connectivity index (χ0) is 10.7. The third-order valence-electron chi connectivity index (χ3n) is 2.98. The first-order valence-electron chi connectivity index (χ1n) is 5.51. The second kappa shape index (κ2) is 4.53. The number of para-hydroxylation sites is 2. The quantitative estimate of drug-likeness (QED) is 0.773. The van der Waals surface area contributed by atoms with Gasteiger partial charge in [-0.3, -0.25) is 0 Å². The molecule has 1 heterocycles. The Morgan fingerprint density at radius 3 is 2.60 bits per heavy atom. The monoisotopic (exact) mass is 206 g/mol. The molecule has 2 N–H and O–H groups in total. The number of hydrogen-bond acceptors (Lipinski definition) is 3. The summed E-state index contributed by atoms with van der Waals surface area (Å²) in [5.74, 6) is 0. The van der Waals surface area contributed by atoms with Crippen LogP contribution in [0.25, 0.3) is 0 Å². The van der Waals surface area contributed by atoms with Gasteiger partial charge < -0.3 is 15.3 Å². The molecule has 1 aromatic carbocycles. The topological polar surface area (TPSA) is 35.5 Å². The van der Waals surface area contributed by atoms with Crippen LogP contribution in [0.5, 0.6) is 0 Å². The van der Waals surface area contributed by atoms with Crippen LogP contribution in [0.15, 0.2) is 24.3 Å². The van der Waals surface area contributed by atoms with Gasteiger partial charge in [-0.1, -0.05) is 12.1 Å². The molecule has 0 saturated carbocycles. The summed E-state index contributed by atoms with van der Waals surface area (Å²) in [7, 11) is 1.94. The molecule has 0 spiro atoms. The second-order valence-electron chi connectivity index (χ2n) is 3.99. The standard InChI is InChI=1S/C12H18N2O/c1-13-11-4-2-3-5-12(11)14-8-6-10(15)7-9-14/h2-5,10,13,15H,6-9H2,1H3. The Morgan fingerprint density at radius 1 is 1.27 bits per heavy atom. The van der Waals surface area contributed by atoms with Crippen LogP contribution in [-0.4, -0.2) is 31.3 Å². The van der Waals surface area contributed by atoms with E-state index in [2.05, 4.69) is 28.4 Å². The van der Waals surface area contributed by atoms with Gasteiger partial charge in [0.05, 0.1) is 17.5 Å². The van der Waals surface area contributed by atoms with Crippen LogP contribution in [0.1, 0.15) is 12.8 Å². The number of nitrogens with zero attached hydrogens (tertiary/aromatic N) is 1. The van der Waals surface area contributed by atoms with E-state index in [1.54, 1.807) is 0 Å². The Labute approximate surface area is 90.7 Å². The molecule has 15 heavy (non-hydrogen) atoms. The molecule has 0 bridgehead atoms. The van der Waals surface area contributed by atoms with E-state index in [1.165, 1.54) is 5.69 Å². The summed E-state index contributed by atoms with van der Waals surface area (Å²) >= 11 is 0. The normalized spacial score (nSPS) is 17.9. The molecule has 1 saturated heterocycles. The van der Waals surface area contributed by atoms with Crippen molar-refractivity contribution < 1.29 is 5.11 Å². The lowest BCUT2D eigenvalue weighted by Gasteiger charge is -2.32. The summed E-state index contributed by atoms with van der Waals surface area (Å²) in [5.41, 5.74) is 2.40. The lowest BCUT2D eigenvalue weighted by atomic mass is 10.1. The highest BCUT2D eigenvalue weighted by molar-refractivity contribution is 5.69. The Balaban J connectivity index is 2.15.